The maximum atomic E-state index is 13.1. The summed E-state index contributed by atoms with van der Waals surface area (Å²) in [5.74, 6) is -0.227. The topological polar surface area (TPSA) is 0 Å². The van der Waals surface area contributed by atoms with Gasteiger partial charge in [-0.25, -0.2) is 4.39 Å². The fourth-order valence-electron chi connectivity index (χ4n) is 1.23. The van der Waals surface area contributed by atoms with Gasteiger partial charge in [0, 0.05) is 15.8 Å². The van der Waals surface area contributed by atoms with Gasteiger partial charge in [0.25, 0.3) is 0 Å². The predicted molar refractivity (Wildman–Crippen MR) is 48.9 cm³/mol. The highest BCUT2D eigenvalue weighted by molar-refractivity contribution is 6.35. The molecule has 0 radical (unpaired) electrons. The summed E-state index contributed by atoms with van der Waals surface area (Å²) in [4.78, 5) is 0. The Morgan fingerprint density at radius 1 is 0.917 bits per heavy atom. The molecule has 12 heavy (non-hydrogen) atoms. The summed E-state index contributed by atoms with van der Waals surface area (Å²) in [5.41, 5.74) is 0. The third kappa shape index (κ3) is 1.07. The van der Waals surface area contributed by atoms with Crippen LogP contribution >= 0.6 is 11.6 Å². The molecular formula is C10H6ClF. The van der Waals surface area contributed by atoms with Crippen LogP contribution in [0.1, 0.15) is 0 Å². The fraction of sp³-hybridized carbons (Fsp3) is 0. The van der Waals surface area contributed by atoms with Crippen molar-refractivity contribution in [2.45, 2.75) is 0 Å². The zero-order valence-electron chi connectivity index (χ0n) is 6.22. The number of hydrogen-bond donors (Lipinski definition) is 0. The van der Waals surface area contributed by atoms with E-state index in [0.717, 1.165) is 5.39 Å². The largest absolute Gasteiger partial charge is 0.206 e. The maximum Gasteiger partial charge on any atom is 0.131 e. The molecule has 0 amide bonds. The van der Waals surface area contributed by atoms with E-state index in [0.29, 0.717) is 10.4 Å². The van der Waals surface area contributed by atoms with Gasteiger partial charge in [0.05, 0.1) is 0 Å². The molecule has 2 aromatic rings. The van der Waals surface area contributed by atoms with Crippen molar-refractivity contribution in [3.05, 3.63) is 47.2 Å². The van der Waals surface area contributed by atoms with Gasteiger partial charge in [-0.05, 0) is 12.1 Å². The Hall–Kier alpha value is -1.08. The van der Waals surface area contributed by atoms with Crippen molar-refractivity contribution < 1.29 is 4.39 Å². The van der Waals surface area contributed by atoms with Crippen molar-refractivity contribution in [2.75, 3.05) is 0 Å². The fourth-order valence-corrected chi connectivity index (χ4v) is 1.47. The summed E-state index contributed by atoms with van der Waals surface area (Å²) in [7, 11) is 0. The summed E-state index contributed by atoms with van der Waals surface area (Å²) in [5, 5.41) is 1.93. The summed E-state index contributed by atoms with van der Waals surface area (Å²) in [6.45, 7) is 0. The highest BCUT2D eigenvalue weighted by Crippen LogP contribution is 2.24. The molecule has 0 saturated carbocycles. The van der Waals surface area contributed by atoms with Crippen molar-refractivity contribution >= 4 is 22.4 Å². The van der Waals surface area contributed by atoms with E-state index in [1.807, 2.05) is 0 Å². The van der Waals surface area contributed by atoms with Gasteiger partial charge in [-0.1, -0.05) is 35.9 Å². The predicted octanol–water partition coefficient (Wildman–Crippen LogP) is 3.63. The van der Waals surface area contributed by atoms with E-state index in [2.05, 4.69) is 0 Å². The van der Waals surface area contributed by atoms with Crippen LogP contribution in [0.5, 0.6) is 0 Å². The second-order valence-electron chi connectivity index (χ2n) is 2.57. The molecule has 0 atom stereocenters. The molecule has 0 fully saturated rings. The SMILES string of the molecule is Fc1cccc2c(Cl)cccc12. The molecule has 0 bridgehead atoms. The Kier molecular flexibility index (Phi) is 1.74. The van der Waals surface area contributed by atoms with Crippen molar-refractivity contribution in [2.24, 2.45) is 0 Å². The Bertz CT molecular complexity index is 382. The van der Waals surface area contributed by atoms with Crippen LogP contribution in [0.4, 0.5) is 4.39 Å². The third-order valence-corrected chi connectivity index (χ3v) is 2.15. The molecule has 0 heterocycles. The minimum absolute atomic E-state index is 0.227. The number of benzene rings is 2. The van der Waals surface area contributed by atoms with E-state index in [1.165, 1.54) is 6.07 Å². The summed E-state index contributed by atoms with van der Waals surface area (Å²) < 4.78 is 13.1. The molecule has 0 aliphatic rings. The van der Waals surface area contributed by atoms with Gasteiger partial charge in [-0.2, -0.15) is 0 Å². The van der Waals surface area contributed by atoms with Gasteiger partial charge < -0.3 is 0 Å². The van der Waals surface area contributed by atoms with E-state index in [1.54, 1.807) is 30.3 Å². The third-order valence-electron chi connectivity index (χ3n) is 1.82. The van der Waals surface area contributed by atoms with Crippen molar-refractivity contribution in [1.82, 2.24) is 0 Å². The minimum atomic E-state index is -0.227. The maximum absolute atomic E-state index is 13.1. The molecule has 0 aliphatic heterocycles. The monoisotopic (exact) mass is 180 g/mol. The van der Waals surface area contributed by atoms with Gasteiger partial charge >= 0.3 is 0 Å². The number of fused-ring (bicyclic) bond motifs is 1. The van der Waals surface area contributed by atoms with Crippen LogP contribution in [0, 0.1) is 5.82 Å². The lowest BCUT2D eigenvalue weighted by Crippen LogP contribution is -1.78. The lowest BCUT2D eigenvalue weighted by Gasteiger charge is -1.99. The summed E-state index contributed by atoms with van der Waals surface area (Å²) >= 11 is 5.86. The first-order valence-electron chi connectivity index (χ1n) is 3.62. The number of halogens is 2. The first-order valence-corrected chi connectivity index (χ1v) is 3.99. The van der Waals surface area contributed by atoms with E-state index in [9.17, 15) is 4.39 Å². The van der Waals surface area contributed by atoms with E-state index in [-0.39, 0.29) is 5.82 Å². The zero-order chi connectivity index (χ0) is 8.55. The Morgan fingerprint density at radius 2 is 1.58 bits per heavy atom. The van der Waals surface area contributed by atoms with Crippen LogP contribution in [0.25, 0.3) is 10.8 Å². The van der Waals surface area contributed by atoms with Crippen LogP contribution in [-0.2, 0) is 0 Å². The molecule has 0 aromatic heterocycles. The lowest BCUT2D eigenvalue weighted by molar-refractivity contribution is 0.640. The average molecular weight is 181 g/mol. The summed E-state index contributed by atoms with van der Waals surface area (Å²) in [6.07, 6.45) is 0. The van der Waals surface area contributed by atoms with E-state index >= 15 is 0 Å². The van der Waals surface area contributed by atoms with E-state index in [4.69, 9.17) is 11.6 Å². The zero-order valence-corrected chi connectivity index (χ0v) is 6.98. The highest BCUT2D eigenvalue weighted by Gasteiger charge is 2.01. The van der Waals surface area contributed by atoms with Crippen LogP contribution < -0.4 is 0 Å². The number of rotatable bonds is 0. The van der Waals surface area contributed by atoms with Crippen molar-refractivity contribution in [3.63, 3.8) is 0 Å². The van der Waals surface area contributed by atoms with Gasteiger partial charge in [0.2, 0.25) is 0 Å². The second-order valence-corrected chi connectivity index (χ2v) is 2.98. The molecule has 2 heteroatoms. The minimum Gasteiger partial charge on any atom is -0.206 e. The van der Waals surface area contributed by atoms with Crippen LogP contribution in [-0.4, -0.2) is 0 Å². The Balaban J connectivity index is 2.94. The van der Waals surface area contributed by atoms with Gasteiger partial charge in [0.15, 0.2) is 0 Å². The molecular weight excluding hydrogens is 175 g/mol. The Labute approximate surface area is 74.6 Å². The van der Waals surface area contributed by atoms with Crippen LogP contribution in [0.2, 0.25) is 5.02 Å². The molecule has 2 aromatic carbocycles. The van der Waals surface area contributed by atoms with Crippen molar-refractivity contribution in [3.8, 4) is 0 Å². The number of hydrogen-bond acceptors (Lipinski definition) is 0. The van der Waals surface area contributed by atoms with Gasteiger partial charge in [0.1, 0.15) is 5.82 Å². The van der Waals surface area contributed by atoms with Gasteiger partial charge in [-0.15, -0.1) is 0 Å². The quantitative estimate of drug-likeness (QED) is 0.581. The van der Waals surface area contributed by atoms with Crippen LogP contribution in [0.15, 0.2) is 36.4 Å². The second kappa shape index (κ2) is 2.76. The lowest BCUT2D eigenvalue weighted by atomic mass is 10.1. The molecule has 0 aliphatic carbocycles. The first-order chi connectivity index (χ1) is 5.79. The smallest absolute Gasteiger partial charge is 0.131 e. The molecule has 0 saturated heterocycles. The molecule has 0 unspecified atom stereocenters. The Morgan fingerprint density at radius 3 is 2.33 bits per heavy atom. The summed E-state index contributed by atoms with van der Waals surface area (Å²) in [6, 6.07) is 10.1. The molecule has 60 valence electrons. The molecule has 0 spiro atoms. The molecule has 0 nitrogen and oxygen atoms in total. The van der Waals surface area contributed by atoms with E-state index < -0.39 is 0 Å². The molecule has 2 rings (SSSR count). The first kappa shape index (κ1) is 7.56. The highest BCUT2D eigenvalue weighted by atomic mass is 35.5. The average Bonchev–Trinajstić information content (AvgIpc) is 2.07. The van der Waals surface area contributed by atoms with Gasteiger partial charge in [-0.3, -0.25) is 0 Å². The van der Waals surface area contributed by atoms with Crippen LogP contribution in [0.3, 0.4) is 0 Å². The molecule has 0 N–H and O–H groups in total. The normalized spacial score (nSPS) is 10.5. The standard InChI is InChI=1S/C10H6ClF/c11-9-5-1-4-8-7(9)3-2-6-10(8)12/h1-6H. The van der Waals surface area contributed by atoms with Crippen molar-refractivity contribution in [1.29, 1.82) is 0 Å².